The Morgan fingerprint density at radius 1 is 1.32 bits per heavy atom. The van der Waals surface area contributed by atoms with Crippen LogP contribution in [0, 0.1) is 5.92 Å². The van der Waals surface area contributed by atoms with Crippen LogP contribution in [0.5, 0.6) is 0 Å². The molecule has 3 heterocycles. The van der Waals surface area contributed by atoms with Crippen molar-refractivity contribution in [1.82, 2.24) is 25.2 Å². The van der Waals surface area contributed by atoms with Gasteiger partial charge in [0, 0.05) is 32.0 Å². The number of carbonyl (C=O) groups excluding carboxylic acids is 3. The number of rotatable bonds is 5. The summed E-state index contributed by atoms with van der Waals surface area (Å²) in [5, 5.41) is 5.82. The number of sulfonamides is 1. The number of aromatic nitrogens is 1. The lowest BCUT2D eigenvalue weighted by atomic mass is 9.99. The van der Waals surface area contributed by atoms with Gasteiger partial charge in [0.05, 0.1) is 12.0 Å². The van der Waals surface area contributed by atoms with Crippen molar-refractivity contribution >= 4 is 27.9 Å². The second kappa shape index (κ2) is 8.23. The van der Waals surface area contributed by atoms with E-state index in [4.69, 9.17) is 0 Å². The summed E-state index contributed by atoms with van der Waals surface area (Å²) in [7, 11) is -4.02. The molecule has 4 amide bonds. The molecule has 0 bridgehead atoms. The number of hydrogen-bond acceptors (Lipinski definition) is 6. The quantitative estimate of drug-likeness (QED) is 0.590. The Balaban J connectivity index is 1.65. The number of urea groups is 1. The predicted octanol–water partition coefficient (Wildman–Crippen LogP) is -0.664. The smallest absolute Gasteiger partial charge is 0.321 e. The van der Waals surface area contributed by atoms with Crippen LogP contribution in [0.2, 0.25) is 0 Å². The summed E-state index contributed by atoms with van der Waals surface area (Å²) in [6.07, 6.45) is 4.34. The van der Waals surface area contributed by atoms with E-state index in [9.17, 15) is 22.8 Å². The highest BCUT2D eigenvalue weighted by atomic mass is 32.2. The monoisotopic (exact) mass is 409 g/mol. The van der Waals surface area contributed by atoms with Gasteiger partial charge in [-0.25, -0.2) is 17.5 Å². The summed E-state index contributed by atoms with van der Waals surface area (Å²) < 4.78 is 27.2. The van der Waals surface area contributed by atoms with Crippen LogP contribution in [0.25, 0.3) is 0 Å². The van der Waals surface area contributed by atoms with Crippen LogP contribution in [0.15, 0.2) is 24.5 Å². The zero-order valence-electron chi connectivity index (χ0n) is 15.4. The highest BCUT2D eigenvalue weighted by Crippen LogP contribution is 2.24. The number of hydrogen-bond donors (Lipinski definition) is 3. The normalized spacial score (nSPS) is 26.2. The van der Waals surface area contributed by atoms with Gasteiger partial charge in [-0.1, -0.05) is 0 Å². The number of pyridine rings is 1. The van der Waals surface area contributed by atoms with Crippen molar-refractivity contribution in [3.8, 4) is 0 Å². The van der Waals surface area contributed by atoms with Crippen molar-refractivity contribution in [2.75, 3.05) is 13.1 Å². The van der Waals surface area contributed by atoms with Crippen molar-refractivity contribution in [2.45, 2.75) is 37.6 Å². The van der Waals surface area contributed by atoms with Gasteiger partial charge in [-0.15, -0.1) is 0 Å². The SMILES string of the molecule is CC1NC(=O)NC(=O)C1S(=O)(=O)N1CCCC(C(=O)NCc2ccncc2)C1. The highest BCUT2D eigenvalue weighted by Gasteiger charge is 2.46. The average molecular weight is 409 g/mol. The summed E-state index contributed by atoms with van der Waals surface area (Å²) >= 11 is 0. The van der Waals surface area contributed by atoms with Crippen LogP contribution in [-0.4, -0.2) is 59.9 Å². The molecule has 3 unspecified atom stereocenters. The first-order valence-corrected chi connectivity index (χ1v) is 10.6. The fourth-order valence-corrected chi connectivity index (χ4v) is 5.51. The van der Waals surface area contributed by atoms with Gasteiger partial charge in [0.25, 0.3) is 0 Å². The summed E-state index contributed by atoms with van der Waals surface area (Å²) in [5.74, 6) is -1.58. The van der Waals surface area contributed by atoms with E-state index in [1.807, 2.05) is 5.32 Å². The standard InChI is InChI=1S/C17H23N5O5S/c1-11-14(16(24)21-17(25)20-11)28(26,27)22-8-2-3-13(10-22)15(23)19-9-12-4-6-18-7-5-12/h4-7,11,13-14H,2-3,8-10H2,1H3,(H,19,23)(H2,20,21,24,25). The molecule has 1 aromatic heterocycles. The molecule has 0 saturated carbocycles. The lowest BCUT2D eigenvalue weighted by Crippen LogP contribution is -2.65. The van der Waals surface area contributed by atoms with Gasteiger partial charge in [0.1, 0.15) is 0 Å². The van der Waals surface area contributed by atoms with Gasteiger partial charge in [-0.3, -0.25) is 19.9 Å². The first-order valence-electron chi connectivity index (χ1n) is 9.06. The Bertz CT molecular complexity index is 860. The number of imide groups is 1. The van der Waals surface area contributed by atoms with Crippen LogP contribution in [-0.2, 0) is 26.2 Å². The van der Waals surface area contributed by atoms with Gasteiger partial charge >= 0.3 is 6.03 Å². The van der Waals surface area contributed by atoms with E-state index in [0.717, 1.165) is 5.56 Å². The van der Waals surface area contributed by atoms with Crippen molar-refractivity contribution in [3.05, 3.63) is 30.1 Å². The molecule has 0 spiro atoms. The lowest BCUT2D eigenvalue weighted by molar-refractivity contribution is -0.126. The summed E-state index contributed by atoms with van der Waals surface area (Å²) in [6, 6.07) is 2.01. The average Bonchev–Trinajstić information content (AvgIpc) is 2.66. The maximum absolute atomic E-state index is 13.0. The third-order valence-electron chi connectivity index (χ3n) is 4.96. The highest BCUT2D eigenvalue weighted by molar-refractivity contribution is 7.90. The maximum atomic E-state index is 13.0. The van der Waals surface area contributed by atoms with Gasteiger partial charge in [0.15, 0.2) is 5.25 Å². The third kappa shape index (κ3) is 4.30. The zero-order valence-corrected chi connectivity index (χ0v) is 16.2. The molecule has 2 saturated heterocycles. The Morgan fingerprint density at radius 3 is 2.71 bits per heavy atom. The zero-order chi connectivity index (χ0) is 20.3. The van der Waals surface area contributed by atoms with Gasteiger partial charge < -0.3 is 10.6 Å². The number of nitrogens with one attached hydrogen (secondary N) is 3. The molecule has 152 valence electrons. The summed E-state index contributed by atoms with van der Waals surface area (Å²) in [4.78, 5) is 39.9. The van der Waals surface area contributed by atoms with E-state index in [0.29, 0.717) is 19.4 Å². The minimum Gasteiger partial charge on any atom is -0.352 e. The molecule has 0 aliphatic carbocycles. The lowest BCUT2D eigenvalue weighted by Gasteiger charge is -2.36. The Morgan fingerprint density at radius 2 is 2.04 bits per heavy atom. The molecule has 1 aromatic rings. The van der Waals surface area contributed by atoms with Crippen molar-refractivity contribution in [1.29, 1.82) is 0 Å². The minimum absolute atomic E-state index is 0.00889. The van der Waals surface area contributed by atoms with E-state index in [-0.39, 0.29) is 19.0 Å². The van der Waals surface area contributed by atoms with Crippen LogP contribution < -0.4 is 16.0 Å². The molecule has 3 atom stereocenters. The van der Waals surface area contributed by atoms with E-state index in [2.05, 4.69) is 15.6 Å². The molecular formula is C17H23N5O5S. The topological polar surface area (TPSA) is 138 Å². The predicted molar refractivity (Wildman–Crippen MR) is 99.2 cm³/mol. The Labute approximate surface area is 163 Å². The van der Waals surface area contributed by atoms with Crippen molar-refractivity contribution in [2.24, 2.45) is 5.92 Å². The largest absolute Gasteiger partial charge is 0.352 e. The van der Waals surface area contributed by atoms with Crippen LogP contribution >= 0.6 is 0 Å². The molecule has 2 fully saturated rings. The fourth-order valence-electron chi connectivity index (χ4n) is 3.50. The van der Waals surface area contributed by atoms with E-state index < -0.39 is 39.2 Å². The molecule has 0 radical (unpaired) electrons. The van der Waals surface area contributed by atoms with Crippen LogP contribution in [0.1, 0.15) is 25.3 Å². The van der Waals surface area contributed by atoms with Crippen LogP contribution in [0.4, 0.5) is 4.79 Å². The van der Waals surface area contributed by atoms with E-state index >= 15 is 0 Å². The Kier molecular flexibility index (Phi) is 5.94. The Hall–Kier alpha value is -2.53. The number of amides is 4. The van der Waals surface area contributed by atoms with E-state index in [1.54, 1.807) is 24.5 Å². The molecule has 0 aromatic carbocycles. The fraction of sp³-hybridized carbons (Fsp3) is 0.529. The maximum Gasteiger partial charge on any atom is 0.321 e. The summed E-state index contributed by atoms with van der Waals surface area (Å²) in [5.41, 5.74) is 0.895. The molecular weight excluding hydrogens is 386 g/mol. The molecule has 2 aliphatic rings. The van der Waals surface area contributed by atoms with Gasteiger partial charge in [-0.2, -0.15) is 0 Å². The number of carbonyl (C=O) groups is 3. The first kappa shape index (κ1) is 20.2. The molecule has 2 aliphatic heterocycles. The molecule has 10 nitrogen and oxygen atoms in total. The van der Waals surface area contributed by atoms with Crippen molar-refractivity contribution < 1.29 is 22.8 Å². The third-order valence-corrected chi connectivity index (χ3v) is 7.28. The summed E-state index contributed by atoms with van der Waals surface area (Å²) in [6.45, 7) is 2.05. The second-order valence-electron chi connectivity index (χ2n) is 6.99. The van der Waals surface area contributed by atoms with Crippen LogP contribution in [0.3, 0.4) is 0 Å². The molecule has 11 heteroatoms. The van der Waals surface area contributed by atoms with Crippen molar-refractivity contribution in [3.63, 3.8) is 0 Å². The second-order valence-corrected chi connectivity index (χ2v) is 9.04. The van der Waals surface area contributed by atoms with E-state index in [1.165, 1.54) is 11.2 Å². The first-order chi connectivity index (χ1) is 13.3. The van der Waals surface area contributed by atoms with Gasteiger partial charge in [0.2, 0.25) is 21.8 Å². The molecule has 3 N–H and O–H groups in total. The molecule has 28 heavy (non-hydrogen) atoms. The number of nitrogens with zero attached hydrogens (tertiary/aromatic N) is 2. The molecule has 3 rings (SSSR count). The van der Waals surface area contributed by atoms with Gasteiger partial charge in [-0.05, 0) is 37.5 Å². The minimum atomic E-state index is -4.02. The number of piperidine rings is 1.